The molecule has 0 aliphatic heterocycles. The first-order valence-corrected chi connectivity index (χ1v) is 13.2. The topological polar surface area (TPSA) is 116 Å². The van der Waals surface area contributed by atoms with Crippen molar-refractivity contribution < 1.29 is 24.6 Å². The molecule has 0 aromatic heterocycles. The Balaban J connectivity index is 1.38. The molecule has 6 heteroatoms. The summed E-state index contributed by atoms with van der Waals surface area (Å²) in [5, 5.41) is 26.1. The summed E-state index contributed by atoms with van der Waals surface area (Å²) in [7, 11) is 0. The lowest BCUT2D eigenvalue weighted by Gasteiger charge is -2.18. The third-order valence-corrected chi connectivity index (χ3v) is 6.86. The van der Waals surface area contributed by atoms with Crippen LogP contribution in [0.2, 0.25) is 0 Å². The van der Waals surface area contributed by atoms with Gasteiger partial charge in [-0.05, 0) is 36.8 Å². The second-order valence-corrected chi connectivity index (χ2v) is 9.68. The molecule has 0 saturated heterocycles. The Morgan fingerprint density at radius 2 is 1.29 bits per heavy atom. The minimum absolute atomic E-state index is 0.267. The molecule has 35 heavy (non-hydrogen) atoms. The van der Waals surface area contributed by atoms with Crippen LogP contribution < -0.4 is 0 Å². The number of ketones is 1. The standard InChI is InChI=1S/C29H41NO5/c30-27-23(20-19-22-15-13-14-18-25(22)27)16-11-9-7-5-3-1-2-4-6-8-10-12-17-24(31)21-26(28(32)33)29(34)35/h13-15,18,20,26,30H,1-12,16-17,19,21H2,(H,32,33)(H,34,35). The van der Waals surface area contributed by atoms with Crippen molar-refractivity contribution >= 4 is 23.4 Å². The number of aliphatic carboxylic acids is 2. The highest BCUT2D eigenvalue weighted by atomic mass is 16.4. The van der Waals surface area contributed by atoms with Gasteiger partial charge in [0.2, 0.25) is 0 Å². The lowest BCUT2D eigenvalue weighted by molar-refractivity contribution is -0.156. The van der Waals surface area contributed by atoms with Crippen molar-refractivity contribution in [2.75, 3.05) is 0 Å². The number of hydrogen-bond donors (Lipinski definition) is 3. The predicted molar refractivity (Wildman–Crippen MR) is 138 cm³/mol. The van der Waals surface area contributed by atoms with E-state index in [1.807, 2.05) is 12.1 Å². The van der Waals surface area contributed by atoms with Crippen molar-refractivity contribution in [3.63, 3.8) is 0 Å². The minimum Gasteiger partial charge on any atom is -0.481 e. The van der Waals surface area contributed by atoms with E-state index in [1.54, 1.807) is 0 Å². The molecule has 0 heterocycles. The molecule has 192 valence electrons. The molecule has 2 rings (SSSR count). The number of carboxylic acids is 2. The molecule has 3 N–H and O–H groups in total. The van der Waals surface area contributed by atoms with E-state index in [9.17, 15) is 14.4 Å². The van der Waals surface area contributed by atoms with E-state index in [0.717, 1.165) is 44.1 Å². The molecule has 1 aromatic rings. The van der Waals surface area contributed by atoms with Crippen LogP contribution in [0.5, 0.6) is 0 Å². The van der Waals surface area contributed by atoms with E-state index in [4.69, 9.17) is 15.6 Å². The van der Waals surface area contributed by atoms with Gasteiger partial charge in [0.05, 0.1) is 5.71 Å². The highest BCUT2D eigenvalue weighted by molar-refractivity contribution is 6.12. The molecule has 0 fully saturated rings. The maximum atomic E-state index is 11.8. The van der Waals surface area contributed by atoms with Gasteiger partial charge in [0.25, 0.3) is 0 Å². The summed E-state index contributed by atoms with van der Waals surface area (Å²) in [5.74, 6) is -4.80. The number of Topliss-reactive ketones (excluding diaryl/α,β-unsaturated/α-hetero) is 1. The second-order valence-electron chi connectivity index (χ2n) is 9.68. The van der Waals surface area contributed by atoms with E-state index in [0.29, 0.717) is 12.1 Å². The SMILES string of the molecule is N=C1C(CCCCCCCCCCCCCCC(=O)CC(C(=O)O)C(=O)O)=CCc2ccccc21. The van der Waals surface area contributed by atoms with Crippen molar-refractivity contribution in [2.24, 2.45) is 5.92 Å². The van der Waals surface area contributed by atoms with Gasteiger partial charge in [0.15, 0.2) is 5.92 Å². The first-order valence-electron chi connectivity index (χ1n) is 13.2. The number of rotatable bonds is 19. The smallest absolute Gasteiger partial charge is 0.318 e. The summed E-state index contributed by atoms with van der Waals surface area (Å²) < 4.78 is 0. The summed E-state index contributed by atoms with van der Waals surface area (Å²) in [5.41, 5.74) is 4.28. The van der Waals surface area contributed by atoms with Crippen LogP contribution in [0.3, 0.4) is 0 Å². The minimum atomic E-state index is -1.62. The molecule has 0 radical (unpaired) electrons. The van der Waals surface area contributed by atoms with Crippen LogP contribution in [0.25, 0.3) is 0 Å². The molecule has 1 aromatic carbocycles. The zero-order valence-electron chi connectivity index (χ0n) is 20.9. The lowest BCUT2D eigenvalue weighted by Crippen LogP contribution is -2.26. The fourth-order valence-corrected chi connectivity index (χ4v) is 4.69. The van der Waals surface area contributed by atoms with Crippen LogP contribution in [0, 0.1) is 11.3 Å². The van der Waals surface area contributed by atoms with Gasteiger partial charge in [0, 0.05) is 18.4 Å². The molecule has 6 nitrogen and oxygen atoms in total. The van der Waals surface area contributed by atoms with Gasteiger partial charge in [-0.3, -0.25) is 19.8 Å². The zero-order chi connectivity index (χ0) is 25.5. The van der Waals surface area contributed by atoms with E-state index in [2.05, 4.69) is 18.2 Å². The Labute approximate surface area is 209 Å². The van der Waals surface area contributed by atoms with E-state index in [1.165, 1.54) is 56.1 Å². The van der Waals surface area contributed by atoms with Gasteiger partial charge in [-0.15, -0.1) is 0 Å². The molecular formula is C29H41NO5. The maximum absolute atomic E-state index is 11.8. The van der Waals surface area contributed by atoms with Crippen molar-refractivity contribution in [1.29, 1.82) is 5.41 Å². The Hall–Kier alpha value is -2.76. The van der Waals surface area contributed by atoms with Crippen LogP contribution in [0.4, 0.5) is 0 Å². The highest BCUT2D eigenvalue weighted by Crippen LogP contribution is 2.24. The number of carboxylic acid groups (broad SMARTS) is 2. The van der Waals surface area contributed by atoms with Gasteiger partial charge in [-0.1, -0.05) is 94.5 Å². The molecule has 1 aliphatic rings. The Morgan fingerprint density at radius 3 is 1.86 bits per heavy atom. The van der Waals surface area contributed by atoms with Gasteiger partial charge < -0.3 is 10.2 Å². The number of nitrogens with one attached hydrogen (secondary N) is 1. The van der Waals surface area contributed by atoms with Crippen molar-refractivity contribution in [2.45, 2.75) is 103 Å². The van der Waals surface area contributed by atoms with Gasteiger partial charge in [-0.2, -0.15) is 0 Å². The van der Waals surface area contributed by atoms with Crippen LogP contribution in [0.1, 0.15) is 107 Å². The third-order valence-electron chi connectivity index (χ3n) is 6.86. The van der Waals surface area contributed by atoms with E-state index >= 15 is 0 Å². The molecule has 0 spiro atoms. The van der Waals surface area contributed by atoms with Crippen molar-refractivity contribution in [3.8, 4) is 0 Å². The Bertz CT molecular complexity index is 875. The predicted octanol–water partition coefficient (Wildman–Crippen LogP) is 6.74. The number of carbonyl (C=O) groups is 3. The molecule has 0 atom stereocenters. The van der Waals surface area contributed by atoms with Crippen LogP contribution >= 0.6 is 0 Å². The number of carbonyl (C=O) groups excluding carboxylic acids is 1. The fraction of sp³-hybridized carbons (Fsp3) is 0.586. The number of fused-ring (bicyclic) bond motifs is 1. The second kappa shape index (κ2) is 16.0. The summed E-state index contributed by atoms with van der Waals surface area (Å²) in [4.78, 5) is 33.4. The van der Waals surface area contributed by atoms with Crippen molar-refractivity contribution in [1.82, 2.24) is 0 Å². The van der Waals surface area contributed by atoms with Crippen LogP contribution in [-0.2, 0) is 20.8 Å². The van der Waals surface area contributed by atoms with Crippen LogP contribution in [-0.4, -0.2) is 33.6 Å². The summed E-state index contributed by atoms with van der Waals surface area (Å²) >= 11 is 0. The average Bonchev–Trinajstić information content (AvgIpc) is 2.83. The number of hydrogen-bond acceptors (Lipinski definition) is 4. The number of allylic oxidation sites excluding steroid dienone is 2. The molecule has 0 saturated carbocycles. The molecule has 0 bridgehead atoms. The quantitative estimate of drug-likeness (QED) is 0.149. The Morgan fingerprint density at radius 1 is 0.771 bits per heavy atom. The Kier molecular flexibility index (Phi) is 13.0. The van der Waals surface area contributed by atoms with Crippen LogP contribution in [0.15, 0.2) is 35.9 Å². The largest absolute Gasteiger partial charge is 0.481 e. The van der Waals surface area contributed by atoms with Gasteiger partial charge in [-0.25, -0.2) is 0 Å². The fourth-order valence-electron chi connectivity index (χ4n) is 4.69. The monoisotopic (exact) mass is 483 g/mol. The maximum Gasteiger partial charge on any atom is 0.318 e. The highest BCUT2D eigenvalue weighted by Gasteiger charge is 2.28. The molecule has 1 aliphatic carbocycles. The first kappa shape index (κ1) is 28.5. The lowest BCUT2D eigenvalue weighted by atomic mass is 9.87. The van der Waals surface area contributed by atoms with Gasteiger partial charge in [0.1, 0.15) is 5.78 Å². The molecule has 0 unspecified atom stereocenters. The zero-order valence-corrected chi connectivity index (χ0v) is 20.9. The van der Waals surface area contributed by atoms with E-state index < -0.39 is 24.3 Å². The molecular weight excluding hydrogens is 442 g/mol. The first-order chi connectivity index (χ1) is 16.9. The normalized spacial score (nSPS) is 12.9. The van der Waals surface area contributed by atoms with E-state index in [-0.39, 0.29) is 12.2 Å². The molecule has 0 amide bonds. The summed E-state index contributed by atoms with van der Waals surface area (Å²) in [6.07, 6.45) is 17.8. The number of benzene rings is 1. The van der Waals surface area contributed by atoms with Gasteiger partial charge >= 0.3 is 11.9 Å². The number of unbranched alkanes of at least 4 members (excludes halogenated alkanes) is 11. The summed E-state index contributed by atoms with van der Waals surface area (Å²) in [6.45, 7) is 0. The average molecular weight is 484 g/mol. The summed E-state index contributed by atoms with van der Waals surface area (Å²) in [6, 6.07) is 8.25. The third kappa shape index (κ3) is 10.6. The van der Waals surface area contributed by atoms with Crippen molar-refractivity contribution in [3.05, 3.63) is 47.0 Å².